The number of rotatable bonds is 2. The van der Waals surface area contributed by atoms with Crippen LogP contribution in [0.2, 0.25) is 0 Å². The van der Waals surface area contributed by atoms with Crippen molar-refractivity contribution in [1.82, 2.24) is 10.3 Å². The van der Waals surface area contributed by atoms with Crippen molar-refractivity contribution < 1.29 is 4.39 Å². The molecule has 1 aromatic carbocycles. The highest BCUT2D eigenvalue weighted by Crippen LogP contribution is 2.26. The van der Waals surface area contributed by atoms with Gasteiger partial charge in [-0.3, -0.25) is 0 Å². The van der Waals surface area contributed by atoms with E-state index in [1.54, 1.807) is 6.07 Å². The Morgan fingerprint density at radius 3 is 2.84 bits per heavy atom. The van der Waals surface area contributed by atoms with Crippen molar-refractivity contribution in [3.63, 3.8) is 0 Å². The van der Waals surface area contributed by atoms with E-state index in [9.17, 15) is 4.39 Å². The van der Waals surface area contributed by atoms with Gasteiger partial charge in [0.1, 0.15) is 5.82 Å². The first kappa shape index (κ1) is 12.7. The summed E-state index contributed by atoms with van der Waals surface area (Å²) in [6.45, 7) is 5.14. The van der Waals surface area contributed by atoms with Gasteiger partial charge in [0.15, 0.2) is 0 Å². The second kappa shape index (κ2) is 4.97. The summed E-state index contributed by atoms with van der Waals surface area (Å²) in [5.41, 5.74) is 3.97. The predicted octanol–water partition coefficient (Wildman–Crippen LogP) is 3.61. The smallest absolute Gasteiger partial charge is 0.147 e. The molecule has 1 unspecified atom stereocenters. The number of hydrogen-bond donors (Lipinski definition) is 2. The maximum Gasteiger partial charge on any atom is 0.147 e. The predicted molar refractivity (Wildman–Crippen MR) is 77.1 cm³/mol. The van der Waals surface area contributed by atoms with E-state index in [1.807, 2.05) is 6.92 Å². The Labute approximate surface area is 113 Å². The molecule has 0 saturated carbocycles. The number of benzene rings is 1. The summed E-state index contributed by atoms with van der Waals surface area (Å²) >= 11 is 0. The van der Waals surface area contributed by atoms with E-state index in [0.717, 1.165) is 35.2 Å². The van der Waals surface area contributed by atoms with E-state index in [4.69, 9.17) is 0 Å². The molecule has 19 heavy (non-hydrogen) atoms. The fourth-order valence-electron chi connectivity index (χ4n) is 3.07. The van der Waals surface area contributed by atoms with Crippen molar-refractivity contribution in [3.8, 4) is 0 Å². The van der Waals surface area contributed by atoms with Gasteiger partial charge in [0, 0.05) is 17.1 Å². The van der Waals surface area contributed by atoms with Crippen molar-refractivity contribution >= 4 is 10.9 Å². The van der Waals surface area contributed by atoms with Gasteiger partial charge in [-0.2, -0.15) is 0 Å². The zero-order valence-electron chi connectivity index (χ0n) is 11.6. The molecule has 3 heteroatoms. The first-order valence-electron chi connectivity index (χ1n) is 7.16. The third-order valence-corrected chi connectivity index (χ3v) is 4.32. The maximum atomic E-state index is 14.1. The molecule has 1 aromatic heterocycles. The highest BCUT2D eigenvalue weighted by Gasteiger charge is 2.15. The van der Waals surface area contributed by atoms with Gasteiger partial charge in [0.2, 0.25) is 0 Å². The Kier molecular flexibility index (Phi) is 3.31. The minimum absolute atomic E-state index is 0.125. The molecule has 1 aliphatic rings. The molecule has 0 radical (unpaired) electrons. The molecular weight excluding hydrogens is 239 g/mol. The molecule has 2 aromatic rings. The second-order valence-corrected chi connectivity index (χ2v) is 5.73. The van der Waals surface area contributed by atoms with Gasteiger partial charge < -0.3 is 10.3 Å². The van der Waals surface area contributed by atoms with E-state index < -0.39 is 0 Å². The van der Waals surface area contributed by atoms with Gasteiger partial charge in [-0.15, -0.1) is 0 Å². The molecule has 1 saturated heterocycles. The van der Waals surface area contributed by atoms with Crippen LogP contribution >= 0.6 is 0 Å². The van der Waals surface area contributed by atoms with Gasteiger partial charge in [0.25, 0.3) is 0 Å². The molecule has 2 nitrogen and oxygen atoms in total. The summed E-state index contributed by atoms with van der Waals surface area (Å²) in [5.74, 6) is -0.125. The Morgan fingerprint density at radius 1 is 1.26 bits per heavy atom. The Bertz CT molecular complexity index is 594. The lowest BCUT2D eigenvalue weighted by atomic mass is 9.96. The number of hydrogen-bond acceptors (Lipinski definition) is 1. The highest BCUT2D eigenvalue weighted by atomic mass is 19.1. The molecule has 1 atom stereocenters. The molecular formula is C16H21FN2. The molecule has 1 aliphatic heterocycles. The van der Waals surface area contributed by atoms with Crippen LogP contribution < -0.4 is 5.32 Å². The zero-order valence-corrected chi connectivity index (χ0v) is 11.6. The standard InChI is InChI=1S/C16H21FN2/c1-10-11(2)19-16-14(10)8-12(9-15(16)17)7-13-5-3-4-6-18-13/h8-9,13,18-19H,3-7H2,1-2H3. The third-order valence-electron chi connectivity index (χ3n) is 4.32. The molecule has 0 bridgehead atoms. The van der Waals surface area contributed by atoms with Crippen molar-refractivity contribution in [2.24, 2.45) is 0 Å². The zero-order chi connectivity index (χ0) is 13.4. The average molecular weight is 260 g/mol. The molecule has 2 heterocycles. The van der Waals surface area contributed by atoms with Crippen LogP contribution in [-0.2, 0) is 6.42 Å². The number of fused-ring (bicyclic) bond motifs is 1. The topological polar surface area (TPSA) is 27.8 Å². The highest BCUT2D eigenvalue weighted by molar-refractivity contribution is 5.85. The average Bonchev–Trinajstić information content (AvgIpc) is 2.68. The van der Waals surface area contributed by atoms with Crippen LogP contribution in [0.5, 0.6) is 0 Å². The van der Waals surface area contributed by atoms with E-state index in [1.165, 1.54) is 19.3 Å². The van der Waals surface area contributed by atoms with Crippen LogP contribution in [0.25, 0.3) is 10.9 Å². The van der Waals surface area contributed by atoms with E-state index >= 15 is 0 Å². The molecule has 0 spiro atoms. The summed E-state index contributed by atoms with van der Waals surface area (Å²) in [5, 5.41) is 4.56. The fourth-order valence-corrected chi connectivity index (χ4v) is 3.07. The summed E-state index contributed by atoms with van der Waals surface area (Å²) in [6.07, 6.45) is 4.67. The second-order valence-electron chi connectivity index (χ2n) is 5.73. The number of aromatic nitrogens is 1. The molecule has 0 aliphatic carbocycles. The van der Waals surface area contributed by atoms with Gasteiger partial charge in [-0.1, -0.05) is 6.42 Å². The fraction of sp³-hybridized carbons (Fsp3) is 0.500. The Balaban J connectivity index is 1.93. The first-order valence-corrected chi connectivity index (χ1v) is 7.16. The number of aryl methyl sites for hydroxylation is 2. The summed E-state index contributed by atoms with van der Waals surface area (Å²) < 4.78 is 14.1. The quantitative estimate of drug-likeness (QED) is 0.848. The van der Waals surface area contributed by atoms with Crippen molar-refractivity contribution in [2.75, 3.05) is 6.54 Å². The Morgan fingerprint density at radius 2 is 2.11 bits per heavy atom. The monoisotopic (exact) mass is 260 g/mol. The number of piperidine rings is 1. The first-order chi connectivity index (χ1) is 9.15. The van der Waals surface area contributed by atoms with Crippen LogP contribution in [0.1, 0.15) is 36.1 Å². The van der Waals surface area contributed by atoms with Crippen LogP contribution in [0.3, 0.4) is 0 Å². The van der Waals surface area contributed by atoms with Gasteiger partial charge in [-0.25, -0.2) is 4.39 Å². The normalized spacial score (nSPS) is 20.1. The van der Waals surface area contributed by atoms with Crippen molar-refractivity contribution in [1.29, 1.82) is 0 Å². The number of halogens is 1. The third kappa shape index (κ3) is 2.39. The van der Waals surface area contributed by atoms with Gasteiger partial charge in [0.05, 0.1) is 5.52 Å². The minimum Gasteiger partial charge on any atom is -0.356 e. The van der Waals surface area contributed by atoms with Crippen LogP contribution in [0.4, 0.5) is 4.39 Å². The lowest BCUT2D eigenvalue weighted by molar-refractivity contribution is 0.399. The summed E-state index contributed by atoms with van der Waals surface area (Å²) in [4.78, 5) is 3.14. The Hall–Kier alpha value is -1.35. The molecule has 102 valence electrons. The van der Waals surface area contributed by atoms with E-state index in [-0.39, 0.29) is 5.82 Å². The number of aromatic amines is 1. The van der Waals surface area contributed by atoms with Crippen LogP contribution in [-0.4, -0.2) is 17.6 Å². The van der Waals surface area contributed by atoms with Gasteiger partial charge in [-0.05, 0) is 62.9 Å². The van der Waals surface area contributed by atoms with Crippen molar-refractivity contribution in [3.05, 3.63) is 34.8 Å². The molecule has 1 fully saturated rings. The largest absolute Gasteiger partial charge is 0.356 e. The van der Waals surface area contributed by atoms with Gasteiger partial charge >= 0.3 is 0 Å². The minimum atomic E-state index is -0.125. The van der Waals surface area contributed by atoms with Crippen molar-refractivity contribution in [2.45, 2.75) is 45.6 Å². The number of H-pyrrole nitrogens is 1. The lowest BCUT2D eigenvalue weighted by Gasteiger charge is -2.23. The number of nitrogens with one attached hydrogen (secondary N) is 2. The lowest BCUT2D eigenvalue weighted by Crippen LogP contribution is -2.35. The molecule has 3 rings (SSSR count). The maximum absolute atomic E-state index is 14.1. The summed E-state index contributed by atoms with van der Waals surface area (Å²) in [6, 6.07) is 4.34. The van der Waals surface area contributed by atoms with E-state index in [2.05, 4.69) is 23.3 Å². The summed E-state index contributed by atoms with van der Waals surface area (Å²) in [7, 11) is 0. The molecule has 2 N–H and O–H groups in total. The van der Waals surface area contributed by atoms with Crippen LogP contribution in [0.15, 0.2) is 12.1 Å². The van der Waals surface area contributed by atoms with Crippen LogP contribution in [0, 0.1) is 19.7 Å². The SMILES string of the molecule is Cc1[nH]c2c(F)cc(CC3CCCCN3)cc2c1C. The van der Waals surface area contributed by atoms with E-state index in [0.29, 0.717) is 11.6 Å². The molecule has 0 amide bonds.